The van der Waals surface area contributed by atoms with E-state index in [9.17, 15) is 14.0 Å². The Morgan fingerprint density at radius 3 is 2.68 bits per heavy atom. The first-order valence-electron chi connectivity index (χ1n) is 12.7. The monoisotopic (exact) mass is 507 g/mol. The number of carbonyl (C=O) groups excluding carboxylic acids is 2. The molecule has 9 heteroatoms. The summed E-state index contributed by atoms with van der Waals surface area (Å²) in [5, 5.41) is 10.6. The molecule has 2 atom stereocenters. The van der Waals surface area contributed by atoms with Crippen molar-refractivity contribution < 1.29 is 18.4 Å². The Bertz CT molecular complexity index is 1430. The minimum absolute atomic E-state index is 0.193. The Morgan fingerprint density at radius 2 is 1.97 bits per heavy atom. The molecule has 2 aliphatic rings. The molecule has 2 saturated carbocycles. The number of rotatable bonds is 6. The molecule has 0 spiro atoms. The summed E-state index contributed by atoms with van der Waals surface area (Å²) < 4.78 is 30.7. The number of amides is 2. The number of allylic oxidation sites excluding steroid dienone is 1. The molecule has 2 N–H and O–H groups in total. The number of hydrogen-bond donors (Lipinski definition) is 2. The molecule has 37 heavy (non-hydrogen) atoms. The summed E-state index contributed by atoms with van der Waals surface area (Å²) in [5.74, 6) is -1.14. The molecule has 1 aromatic carbocycles. The van der Waals surface area contributed by atoms with Crippen molar-refractivity contribution >= 4 is 34.1 Å². The number of nitrogens with zero attached hydrogens (tertiary/aromatic N) is 3. The molecule has 0 radical (unpaired) electrons. The van der Waals surface area contributed by atoms with E-state index >= 15 is 4.39 Å². The number of fused-ring (bicyclic) bond motifs is 1. The molecule has 2 heterocycles. The molecule has 0 unspecified atom stereocenters. The Labute approximate surface area is 214 Å². The predicted octanol–water partition coefficient (Wildman–Crippen LogP) is 5.23. The van der Waals surface area contributed by atoms with Crippen molar-refractivity contribution in [3.8, 4) is 11.1 Å². The number of carbonyl (C=O) groups is 2. The summed E-state index contributed by atoms with van der Waals surface area (Å²) in [4.78, 5) is 29.5. The molecule has 0 aliphatic heterocycles. The zero-order valence-corrected chi connectivity index (χ0v) is 21.3. The lowest BCUT2D eigenvalue weighted by Gasteiger charge is -2.29. The molecule has 0 saturated heterocycles. The van der Waals surface area contributed by atoms with Crippen LogP contribution < -0.4 is 10.6 Å². The van der Waals surface area contributed by atoms with E-state index in [0.29, 0.717) is 29.6 Å². The second-order valence-corrected chi connectivity index (χ2v) is 10.5. The summed E-state index contributed by atoms with van der Waals surface area (Å²) in [6.07, 6.45) is 4.82. The largest absolute Gasteiger partial charge is 0.351 e. The minimum atomic E-state index is -1.72. The Kier molecular flexibility index (Phi) is 6.33. The maximum Gasteiger partial charge on any atom is 0.257 e. The van der Waals surface area contributed by atoms with Gasteiger partial charge < -0.3 is 10.6 Å². The topological polar surface area (TPSA) is 88.9 Å². The fourth-order valence-electron chi connectivity index (χ4n) is 5.26. The number of anilines is 1. The molecule has 2 fully saturated rings. The SMILES string of the molecule is C=C(C)c1c2cc(-c3cc(NC(=O)[C@H]4CCC[C@@H](NC(=O)C5(F)CC5)C4)ncc3C)cc(F)c2nn1C. The number of hydrogen-bond acceptors (Lipinski definition) is 4. The number of aryl methyl sites for hydroxylation is 2. The fraction of sp³-hybridized carbons (Fsp3) is 0.429. The number of nitrogens with one attached hydrogen (secondary N) is 2. The van der Waals surface area contributed by atoms with Gasteiger partial charge in [0.1, 0.15) is 11.3 Å². The van der Waals surface area contributed by atoms with Crippen LogP contribution in [0.2, 0.25) is 0 Å². The van der Waals surface area contributed by atoms with Crippen molar-refractivity contribution in [2.75, 3.05) is 5.32 Å². The lowest BCUT2D eigenvalue weighted by molar-refractivity contribution is -0.129. The highest BCUT2D eigenvalue weighted by Gasteiger charge is 2.51. The van der Waals surface area contributed by atoms with Crippen LogP contribution in [0.3, 0.4) is 0 Å². The van der Waals surface area contributed by atoms with Crippen LogP contribution in [0.1, 0.15) is 56.7 Å². The van der Waals surface area contributed by atoms with Crippen LogP contribution in [0, 0.1) is 18.7 Å². The van der Waals surface area contributed by atoms with Gasteiger partial charge in [0, 0.05) is 30.6 Å². The molecule has 7 nitrogen and oxygen atoms in total. The number of alkyl halides is 1. The van der Waals surface area contributed by atoms with Crippen LogP contribution in [0.5, 0.6) is 0 Å². The van der Waals surface area contributed by atoms with Crippen molar-refractivity contribution in [1.82, 2.24) is 20.1 Å². The normalized spacial score (nSPS) is 20.5. The Hall–Kier alpha value is -3.62. The van der Waals surface area contributed by atoms with E-state index in [1.54, 1.807) is 24.0 Å². The van der Waals surface area contributed by atoms with Gasteiger partial charge in [0.2, 0.25) is 5.91 Å². The fourth-order valence-corrected chi connectivity index (χ4v) is 5.26. The molecular weight excluding hydrogens is 476 g/mol. The highest BCUT2D eigenvalue weighted by Crippen LogP contribution is 2.40. The molecule has 2 aliphatic carbocycles. The zero-order valence-electron chi connectivity index (χ0n) is 21.3. The van der Waals surface area contributed by atoms with Gasteiger partial charge in [-0.15, -0.1) is 0 Å². The van der Waals surface area contributed by atoms with Gasteiger partial charge in [-0.25, -0.2) is 13.8 Å². The average Bonchev–Trinajstić information content (AvgIpc) is 3.51. The zero-order chi connectivity index (χ0) is 26.5. The van der Waals surface area contributed by atoms with Gasteiger partial charge in [0.05, 0.1) is 5.69 Å². The van der Waals surface area contributed by atoms with Gasteiger partial charge in [-0.3, -0.25) is 14.3 Å². The summed E-state index contributed by atoms with van der Waals surface area (Å²) >= 11 is 0. The molecule has 5 rings (SSSR count). The molecule has 0 bridgehead atoms. The molecule has 194 valence electrons. The summed E-state index contributed by atoms with van der Waals surface area (Å²) in [6.45, 7) is 7.74. The maximum atomic E-state index is 15.0. The lowest BCUT2D eigenvalue weighted by atomic mass is 9.85. The van der Waals surface area contributed by atoms with E-state index in [1.165, 1.54) is 6.07 Å². The first-order chi connectivity index (χ1) is 17.6. The quantitative estimate of drug-likeness (QED) is 0.478. The third-order valence-corrected chi connectivity index (χ3v) is 7.44. The predicted molar refractivity (Wildman–Crippen MR) is 139 cm³/mol. The van der Waals surface area contributed by atoms with Gasteiger partial charge in [0.25, 0.3) is 5.91 Å². The second kappa shape index (κ2) is 9.36. The number of pyridine rings is 1. The van der Waals surface area contributed by atoms with Crippen molar-refractivity contribution in [2.45, 2.75) is 64.1 Å². The van der Waals surface area contributed by atoms with Crippen LogP contribution in [0.15, 0.2) is 31.0 Å². The third-order valence-electron chi connectivity index (χ3n) is 7.44. The van der Waals surface area contributed by atoms with Gasteiger partial charge in [-0.1, -0.05) is 13.0 Å². The van der Waals surface area contributed by atoms with E-state index in [1.807, 2.05) is 19.9 Å². The molecule has 2 amide bonds. The first-order valence-corrected chi connectivity index (χ1v) is 12.7. The number of benzene rings is 1. The van der Waals surface area contributed by atoms with Crippen LogP contribution in [-0.4, -0.2) is 38.3 Å². The van der Waals surface area contributed by atoms with Gasteiger partial charge >= 0.3 is 0 Å². The van der Waals surface area contributed by atoms with Crippen molar-refractivity contribution in [1.29, 1.82) is 0 Å². The summed E-state index contributed by atoms with van der Waals surface area (Å²) in [5.41, 5.74) is 2.32. The standard InChI is InChI=1S/C28H31F2N5O2/c1-15(2)25-21-11-18(12-22(29)24(21)34-35(25)4)20-13-23(31-14-16(20)3)33-26(36)17-6-5-7-19(10-17)32-27(37)28(30)8-9-28/h11-14,17,19H,1,5-10H2,2-4H3,(H,32,37)(H,31,33,36)/t17-,19+/m0/s1. The smallest absolute Gasteiger partial charge is 0.257 e. The van der Waals surface area contributed by atoms with Crippen LogP contribution in [0.4, 0.5) is 14.6 Å². The number of halogens is 2. The van der Waals surface area contributed by atoms with E-state index in [2.05, 4.69) is 27.3 Å². The van der Waals surface area contributed by atoms with Gasteiger partial charge in [-0.2, -0.15) is 5.10 Å². The third kappa shape index (κ3) is 4.86. The lowest BCUT2D eigenvalue weighted by Crippen LogP contribution is -2.44. The van der Waals surface area contributed by atoms with Crippen molar-refractivity contribution in [3.63, 3.8) is 0 Å². The van der Waals surface area contributed by atoms with E-state index in [-0.39, 0.29) is 36.2 Å². The van der Waals surface area contributed by atoms with Gasteiger partial charge in [0.15, 0.2) is 11.5 Å². The molecule has 3 aromatic rings. The Balaban J connectivity index is 1.35. The summed E-state index contributed by atoms with van der Waals surface area (Å²) in [6, 6.07) is 4.85. The average molecular weight is 508 g/mol. The first kappa shape index (κ1) is 25.0. The van der Waals surface area contributed by atoms with E-state index in [4.69, 9.17) is 0 Å². The highest BCUT2D eigenvalue weighted by molar-refractivity contribution is 5.95. The number of aromatic nitrogens is 3. The van der Waals surface area contributed by atoms with Crippen LogP contribution in [-0.2, 0) is 16.6 Å². The van der Waals surface area contributed by atoms with E-state index in [0.717, 1.165) is 35.2 Å². The van der Waals surface area contributed by atoms with Crippen LogP contribution in [0.25, 0.3) is 27.6 Å². The molecule has 2 aromatic heterocycles. The second-order valence-electron chi connectivity index (χ2n) is 10.5. The van der Waals surface area contributed by atoms with Crippen LogP contribution >= 0.6 is 0 Å². The maximum absolute atomic E-state index is 15.0. The molecular formula is C28H31F2N5O2. The highest BCUT2D eigenvalue weighted by atomic mass is 19.1. The van der Waals surface area contributed by atoms with Crippen molar-refractivity contribution in [2.24, 2.45) is 13.0 Å². The Morgan fingerprint density at radius 1 is 1.22 bits per heavy atom. The minimum Gasteiger partial charge on any atom is -0.351 e. The van der Waals surface area contributed by atoms with Gasteiger partial charge in [-0.05, 0) is 86.4 Å². The summed E-state index contributed by atoms with van der Waals surface area (Å²) in [7, 11) is 1.76. The van der Waals surface area contributed by atoms with E-state index < -0.39 is 17.4 Å². The van der Waals surface area contributed by atoms with Crippen molar-refractivity contribution in [3.05, 3.63) is 48.0 Å².